The molecular weight excluding hydrogens is 248 g/mol. The molecule has 0 amide bonds. The standard InChI is InChI=1S/C16H28N4/c1-13-5-7-14(8-6-13)11-15(18-17)16-12-19(2)9-4-10-20(16)3/h5-8,15-16,18H,4,9-12,17H2,1-3H3. The minimum Gasteiger partial charge on any atom is -0.305 e. The summed E-state index contributed by atoms with van der Waals surface area (Å²) in [5, 5.41) is 0. The number of benzene rings is 1. The summed E-state index contributed by atoms with van der Waals surface area (Å²) in [6.45, 7) is 5.50. The van der Waals surface area contributed by atoms with Gasteiger partial charge in [-0.3, -0.25) is 11.3 Å². The lowest BCUT2D eigenvalue weighted by Gasteiger charge is -2.34. The fourth-order valence-electron chi connectivity index (χ4n) is 3.02. The molecular formula is C16H28N4. The summed E-state index contributed by atoms with van der Waals surface area (Å²) in [4.78, 5) is 4.86. The van der Waals surface area contributed by atoms with Gasteiger partial charge in [0.25, 0.3) is 0 Å². The van der Waals surface area contributed by atoms with Crippen molar-refractivity contribution in [1.82, 2.24) is 15.2 Å². The molecule has 20 heavy (non-hydrogen) atoms. The molecule has 0 spiro atoms. The molecule has 1 aliphatic heterocycles. The molecule has 1 aromatic rings. The lowest BCUT2D eigenvalue weighted by atomic mass is 9.98. The van der Waals surface area contributed by atoms with Gasteiger partial charge in [-0.15, -0.1) is 0 Å². The Morgan fingerprint density at radius 2 is 1.95 bits per heavy atom. The van der Waals surface area contributed by atoms with Crippen molar-refractivity contribution in [2.45, 2.75) is 31.8 Å². The van der Waals surface area contributed by atoms with Gasteiger partial charge in [-0.1, -0.05) is 29.8 Å². The van der Waals surface area contributed by atoms with Crippen LogP contribution in [0.5, 0.6) is 0 Å². The number of nitrogens with one attached hydrogen (secondary N) is 1. The first-order valence-corrected chi connectivity index (χ1v) is 7.50. The smallest absolute Gasteiger partial charge is 0.0418 e. The highest BCUT2D eigenvalue weighted by atomic mass is 15.3. The van der Waals surface area contributed by atoms with Gasteiger partial charge in [0.2, 0.25) is 0 Å². The predicted molar refractivity (Wildman–Crippen MR) is 84.5 cm³/mol. The number of nitrogens with zero attached hydrogens (tertiary/aromatic N) is 2. The minimum atomic E-state index is 0.281. The summed E-state index contributed by atoms with van der Waals surface area (Å²) in [5.41, 5.74) is 5.69. The zero-order valence-electron chi connectivity index (χ0n) is 13.0. The van der Waals surface area contributed by atoms with Crippen molar-refractivity contribution in [2.75, 3.05) is 33.7 Å². The highest BCUT2D eigenvalue weighted by Crippen LogP contribution is 2.14. The lowest BCUT2D eigenvalue weighted by Crippen LogP contribution is -2.55. The van der Waals surface area contributed by atoms with Gasteiger partial charge in [0.1, 0.15) is 0 Å². The third kappa shape index (κ3) is 4.03. The highest BCUT2D eigenvalue weighted by molar-refractivity contribution is 5.22. The maximum absolute atomic E-state index is 5.84. The largest absolute Gasteiger partial charge is 0.305 e. The van der Waals surface area contributed by atoms with Crippen LogP contribution >= 0.6 is 0 Å². The third-order valence-electron chi connectivity index (χ3n) is 4.37. The highest BCUT2D eigenvalue weighted by Gasteiger charge is 2.27. The maximum Gasteiger partial charge on any atom is 0.0418 e. The summed E-state index contributed by atoms with van der Waals surface area (Å²) in [5.74, 6) is 5.84. The van der Waals surface area contributed by atoms with Crippen LogP contribution in [0.25, 0.3) is 0 Å². The Bertz CT molecular complexity index is 403. The molecule has 3 N–H and O–H groups in total. The first kappa shape index (κ1) is 15.4. The van der Waals surface area contributed by atoms with Gasteiger partial charge in [0.15, 0.2) is 0 Å². The van der Waals surface area contributed by atoms with Crippen molar-refractivity contribution in [3.05, 3.63) is 35.4 Å². The van der Waals surface area contributed by atoms with Crippen LogP contribution < -0.4 is 11.3 Å². The van der Waals surface area contributed by atoms with Crippen LogP contribution in [0.3, 0.4) is 0 Å². The van der Waals surface area contributed by atoms with Crippen LogP contribution in [-0.4, -0.2) is 55.6 Å². The normalized spacial score (nSPS) is 23.5. The van der Waals surface area contributed by atoms with E-state index in [1.165, 1.54) is 24.1 Å². The van der Waals surface area contributed by atoms with Gasteiger partial charge in [-0.2, -0.15) is 0 Å². The topological polar surface area (TPSA) is 44.5 Å². The van der Waals surface area contributed by atoms with E-state index < -0.39 is 0 Å². The number of hydrogen-bond donors (Lipinski definition) is 2. The molecule has 0 radical (unpaired) electrons. The summed E-state index contributed by atoms with van der Waals surface area (Å²) in [7, 11) is 4.41. The van der Waals surface area contributed by atoms with E-state index in [2.05, 4.69) is 60.5 Å². The lowest BCUT2D eigenvalue weighted by molar-refractivity contribution is 0.177. The molecule has 0 bridgehead atoms. The van der Waals surface area contributed by atoms with Crippen molar-refractivity contribution in [3.63, 3.8) is 0 Å². The van der Waals surface area contributed by atoms with E-state index in [0.717, 1.165) is 19.5 Å². The SMILES string of the molecule is Cc1ccc(CC(NN)C2CN(C)CCCN2C)cc1. The summed E-state index contributed by atoms with van der Waals surface area (Å²) >= 11 is 0. The Morgan fingerprint density at radius 3 is 2.60 bits per heavy atom. The maximum atomic E-state index is 5.84. The van der Waals surface area contributed by atoms with E-state index in [1.807, 2.05) is 0 Å². The van der Waals surface area contributed by atoms with E-state index in [9.17, 15) is 0 Å². The molecule has 1 heterocycles. The van der Waals surface area contributed by atoms with Crippen LogP contribution in [0.15, 0.2) is 24.3 Å². The Kier molecular flexibility index (Phi) is 5.54. The Hall–Kier alpha value is -0.940. The molecule has 0 aromatic heterocycles. The summed E-state index contributed by atoms with van der Waals surface area (Å²) in [6, 6.07) is 9.50. The van der Waals surface area contributed by atoms with Crippen molar-refractivity contribution in [3.8, 4) is 0 Å². The van der Waals surface area contributed by atoms with Crippen molar-refractivity contribution in [1.29, 1.82) is 0 Å². The van der Waals surface area contributed by atoms with Gasteiger partial charge < -0.3 is 9.80 Å². The van der Waals surface area contributed by atoms with E-state index in [0.29, 0.717) is 6.04 Å². The van der Waals surface area contributed by atoms with Crippen molar-refractivity contribution >= 4 is 0 Å². The Labute approximate surface area is 122 Å². The quantitative estimate of drug-likeness (QED) is 0.636. The van der Waals surface area contributed by atoms with Gasteiger partial charge in [-0.25, -0.2) is 0 Å². The molecule has 4 heteroatoms. The van der Waals surface area contributed by atoms with E-state index in [4.69, 9.17) is 5.84 Å². The zero-order valence-corrected chi connectivity index (χ0v) is 13.0. The van der Waals surface area contributed by atoms with Crippen LogP contribution in [0.1, 0.15) is 17.5 Å². The molecule has 2 atom stereocenters. The first-order chi connectivity index (χ1) is 9.60. The molecule has 1 fully saturated rings. The summed E-state index contributed by atoms with van der Waals surface area (Å²) in [6.07, 6.45) is 2.20. The summed E-state index contributed by atoms with van der Waals surface area (Å²) < 4.78 is 0. The molecule has 2 rings (SSSR count). The van der Waals surface area contributed by atoms with E-state index in [1.54, 1.807) is 0 Å². The second kappa shape index (κ2) is 7.18. The molecule has 1 aromatic carbocycles. The molecule has 112 valence electrons. The predicted octanol–water partition coefficient (Wildman–Crippen LogP) is 1.01. The number of nitrogens with two attached hydrogens (primary N) is 1. The number of hydrogen-bond acceptors (Lipinski definition) is 4. The Balaban J connectivity index is 2.07. The Morgan fingerprint density at radius 1 is 1.25 bits per heavy atom. The average molecular weight is 276 g/mol. The second-order valence-corrected chi connectivity index (χ2v) is 6.13. The van der Waals surface area contributed by atoms with E-state index in [-0.39, 0.29) is 6.04 Å². The minimum absolute atomic E-state index is 0.281. The number of hydrazine groups is 1. The number of likely N-dealkylation sites (N-methyl/N-ethyl adjacent to an activating group) is 2. The molecule has 4 nitrogen and oxygen atoms in total. The fraction of sp³-hybridized carbons (Fsp3) is 0.625. The fourth-order valence-corrected chi connectivity index (χ4v) is 3.02. The first-order valence-electron chi connectivity index (χ1n) is 7.50. The zero-order chi connectivity index (χ0) is 14.5. The second-order valence-electron chi connectivity index (χ2n) is 6.13. The van der Waals surface area contributed by atoms with Crippen LogP contribution in [0, 0.1) is 6.92 Å². The third-order valence-corrected chi connectivity index (χ3v) is 4.37. The van der Waals surface area contributed by atoms with Gasteiger partial charge >= 0.3 is 0 Å². The van der Waals surface area contributed by atoms with Crippen molar-refractivity contribution < 1.29 is 0 Å². The van der Waals surface area contributed by atoms with Crippen LogP contribution in [0.2, 0.25) is 0 Å². The molecule has 0 aliphatic carbocycles. The van der Waals surface area contributed by atoms with E-state index >= 15 is 0 Å². The molecule has 1 aliphatic rings. The number of rotatable bonds is 4. The van der Waals surface area contributed by atoms with Gasteiger partial charge in [-0.05, 0) is 52.5 Å². The van der Waals surface area contributed by atoms with Gasteiger partial charge in [0.05, 0.1) is 0 Å². The molecule has 0 saturated carbocycles. The molecule has 1 saturated heterocycles. The van der Waals surface area contributed by atoms with Crippen LogP contribution in [-0.2, 0) is 6.42 Å². The van der Waals surface area contributed by atoms with Crippen LogP contribution in [0.4, 0.5) is 0 Å². The molecule has 2 unspecified atom stereocenters. The average Bonchev–Trinajstić information content (AvgIpc) is 2.60. The monoisotopic (exact) mass is 276 g/mol. The van der Waals surface area contributed by atoms with Crippen molar-refractivity contribution in [2.24, 2.45) is 5.84 Å². The number of aryl methyl sites for hydroxylation is 1. The van der Waals surface area contributed by atoms with Gasteiger partial charge in [0, 0.05) is 18.6 Å².